The van der Waals surface area contributed by atoms with E-state index in [0.717, 1.165) is 16.8 Å². The van der Waals surface area contributed by atoms with E-state index < -0.39 is 11.5 Å². The van der Waals surface area contributed by atoms with Crippen molar-refractivity contribution in [1.82, 2.24) is 5.32 Å². The van der Waals surface area contributed by atoms with Gasteiger partial charge in [0, 0.05) is 24.1 Å². The lowest BCUT2D eigenvalue weighted by Gasteiger charge is -2.35. The molecule has 0 spiro atoms. The molecule has 4 heteroatoms. The number of methoxy groups -OCH3 is 1. The summed E-state index contributed by atoms with van der Waals surface area (Å²) in [5, 5.41) is 13.3. The second-order valence-electron chi connectivity index (χ2n) is 7.49. The van der Waals surface area contributed by atoms with Crippen molar-refractivity contribution >= 4 is 12.0 Å². The summed E-state index contributed by atoms with van der Waals surface area (Å²) >= 11 is 0. The van der Waals surface area contributed by atoms with Crippen LogP contribution in [-0.2, 0) is 9.53 Å². The van der Waals surface area contributed by atoms with Gasteiger partial charge in [0.05, 0.1) is 12.2 Å². The van der Waals surface area contributed by atoms with E-state index in [1.54, 1.807) is 7.11 Å². The molecular weight excluding hydrogens is 302 g/mol. The maximum absolute atomic E-state index is 12.5. The first-order chi connectivity index (χ1) is 11.3. The van der Waals surface area contributed by atoms with E-state index >= 15 is 0 Å². The number of fused-ring (bicyclic) bond motifs is 1. The van der Waals surface area contributed by atoms with Crippen LogP contribution in [0.25, 0.3) is 6.08 Å². The minimum atomic E-state index is -0.478. The standard InChI is InChI=1S/C20H29NO3/c1-6-14(22)12-16-17(21-19(23)20(2,3)4)11-13-9-7-8-10-15(13)18(16)24-5/h7-11,14,16,18,22H,6,12H2,1-5H3,(H,21,23). The zero-order valence-electron chi connectivity index (χ0n) is 15.3. The normalized spacial score (nSPS) is 21.7. The molecule has 1 aromatic carbocycles. The molecule has 3 atom stereocenters. The van der Waals surface area contributed by atoms with Crippen molar-refractivity contribution in [2.24, 2.45) is 11.3 Å². The molecule has 1 aliphatic rings. The summed E-state index contributed by atoms with van der Waals surface area (Å²) < 4.78 is 5.77. The van der Waals surface area contributed by atoms with Crippen LogP contribution in [0.1, 0.15) is 57.8 Å². The van der Waals surface area contributed by atoms with E-state index in [9.17, 15) is 9.90 Å². The summed E-state index contributed by atoms with van der Waals surface area (Å²) in [6.07, 6.45) is 2.64. The van der Waals surface area contributed by atoms with Gasteiger partial charge < -0.3 is 15.2 Å². The zero-order chi connectivity index (χ0) is 17.9. The smallest absolute Gasteiger partial charge is 0.229 e. The molecule has 0 saturated carbocycles. The molecule has 0 radical (unpaired) electrons. The Morgan fingerprint density at radius 3 is 2.58 bits per heavy atom. The summed E-state index contributed by atoms with van der Waals surface area (Å²) in [6, 6.07) is 8.04. The van der Waals surface area contributed by atoms with E-state index in [1.807, 2.05) is 58.0 Å². The van der Waals surface area contributed by atoms with E-state index in [1.165, 1.54) is 0 Å². The van der Waals surface area contributed by atoms with Gasteiger partial charge in [-0.15, -0.1) is 0 Å². The molecule has 0 aromatic heterocycles. The maximum Gasteiger partial charge on any atom is 0.229 e. The van der Waals surface area contributed by atoms with Gasteiger partial charge in [-0.05, 0) is 30.0 Å². The highest BCUT2D eigenvalue weighted by atomic mass is 16.5. The molecule has 0 aliphatic heterocycles. The Balaban J connectivity index is 2.41. The molecule has 0 bridgehead atoms. The third-order valence-electron chi connectivity index (χ3n) is 4.57. The average Bonchev–Trinajstić information content (AvgIpc) is 2.54. The van der Waals surface area contributed by atoms with Gasteiger partial charge in [0.2, 0.25) is 5.91 Å². The molecule has 0 heterocycles. The predicted molar refractivity (Wildman–Crippen MR) is 96.2 cm³/mol. The first-order valence-corrected chi connectivity index (χ1v) is 8.60. The van der Waals surface area contributed by atoms with Gasteiger partial charge in [-0.3, -0.25) is 4.79 Å². The zero-order valence-corrected chi connectivity index (χ0v) is 15.3. The van der Waals surface area contributed by atoms with Crippen LogP contribution in [0.15, 0.2) is 30.0 Å². The number of aliphatic hydroxyl groups is 1. The topological polar surface area (TPSA) is 58.6 Å². The quantitative estimate of drug-likeness (QED) is 0.865. The third kappa shape index (κ3) is 4.05. The number of carbonyl (C=O) groups is 1. The molecule has 4 nitrogen and oxygen atoms in total. The Morgan fingerprint density at radius 1 is 1.33 bits per heavy atom. The van der Waals surface area contributed by atoms with Gasteiger partial charge in [0.25, 0.3) is 0 Å². The molecule has 1 aliphatic carbocycles. The largest absolute Gasteiger partial charge is 0.393 e. The molecule has 3 unspecified atom stereocenters. The van der Waals surface area contributed by atoms with Crippen molar-refractivity contribution in [3.8, 4) is 0 Å². The van der Waals surface area contributed by atoms with E-state index in [0.29, 0.717) is 12.8 Å². The number of rotatable bonds is 5. The highest BCUT2D eigenvalue weighted by Gasteiger charge is 2.35. The Bertz CT molecular complexity index is 616. The third-order valence-corrected chi connectivity index (χ3v) is 4.57. The van der Waals surface area contributed by atoms with Crippen molar-refractivity contribution in [3.63, 3.8) is 0 Å². The summed E-state index contributed by atoms with van der Waals surface area (Å²) in [4.78, 5) is 12.5. The van der Waals surface area contributed by atoms with Crippen LogP contribution in [0.4, 0.5) is 0 Å². The van der Waals surface area contributed by atoms with Crippen LogP contribution in [0.5, 0.6) is 0 Å². The molecule has 1 aromatic rings. The summed E-state index contributed by atoms with van der Waals surface area (Å²) in [7, 11) is 1.68. The molecular formula is C20H29NO3. The van der Waals surface area contributed by atoms with Gasteiger partial charge in [-0.2, -0.15) is 0 Å². The number of amides is 1. The van der Waals surface area contributed by atoms with E-state index in [-0.39, 0.29) is 17.9 Å². The van der Waals surface area contributed by atoms with Crippen molar-refractivity contribution in [2.75, 3.05) is 7.11 Å². The lowest BCUT2D eigenvalue weighted by Crippen LogP contribution is -2.39. The predicted octanol–water partition coefficient (Wildman–Crippen LogP) is 3.67. The van der Waals surface area contributed by atoms with Crippen LogP contribution in [0.3, 0.4) is 0 Å². The van der Waals surface area contributed by atoms with Crippen LogP contribution in [0.2, 0.25) is 0 Å². The Hall–Kier alpha value is -1.65. The average molecular weight is 331 g/mol. The lowest BCUT2D eigenvalue weighted by atomic mass is 9.80. The highest BCUT2D eigenvalue weighted by molar-refractivity contribution is 5.84. The maximum atomic E-state index is 12.5. The fourth-order valence-corrected chi connectivity index (χ4v) is 3.00. The second kappa shape index (κ2) is 7.49. The van der Waals surface area contributed by atoms with Crippen molar-refractivity contribution < 1.29 is 14.6 Å². The van der Waals surface area contributed by atoms with E-state index in [2.05, 4.69) is 5.32 Å². The molecule has 0 fully saturated rings. The van der Waals surface area contributed by atoms with Gasteiger partial charge in [0.15, 0.2) is 0 Å². The van der Waals surface area contributed by atoms with Gasteiger partial charge >= 0.3 is 0 Å². The van der Waals surface area contributed by atoms with Crippen LogP contribution >= 0.6 is 0 Å². The van der Waals surface area contributed by atoms with Crippen LogP contribution in [0, 0.1) is 11.3 Å². The van der Waals surface area contributed by atoms with Crippen LogP contribution in [-0.4, -0.2) is 24.2 Å². The first-order valence-electron chi connectivity index (χ1n) is 8.60. The van der Waals surface area contributed by atoms with Crippen molar-refractivity contribution in [1.29, 1.82) is 0 Å². The minimum absolute atomic E-state index is 0.0287. The number of ether oxygens (including phenoxy) is 1. The fraction of sp³-hybridized carbons (Fsp3) is 0.550. The number of nitrogens with one attached hydrogen (secondary N) is 1. The van der Waals surface area contributed by atoms with Gasteiger partial charge in [-0.1, -0.05) is 52.0 Å². The molecule has 2 rings (SSSR count). The number of benzene rings is 1. The molecule has 132 valence electrons. The summed E-state index contributed by atoms with van der Waals surface area (Å²) in [6.45, 7) is 7.64. The fourth-order valence-electron chi connectivity index (χ4n) is 3.00. The second-order valence-corrected chi connectivity index (χ2v) is 7.49. The molecule has 1 amide bonds. The van der Waals surface area contributed by atoms with Crippen LogP contribution < -0.4 is 5.32 Å². The highest BCUT2D eigenvalue weighted by Crippen LogP contribution is 2.40. The Kier molecular flexibility index (Phi) is 5.83. The SMILES string of the molecule is CCC(O)CC1C(NC(=O)C(C)(C)C)=Cc2ccccc2C1OC. The Labute approximate surface area is 144 Å². The van der Waals surface area contributed by atoms with Gasteiger partial charge in [-0.25, -0.2) is 0 Å². The number of aliphatic hydroxyl groups excluding tert-OH is 1. The van der Waals surface area contributed by atoms with Crippen molar-refractivity contribution in [3.05, 3.63) is 41.1 Å². The number of carbonyl (C=O) groups excluding carboxylic acids is 1. The molecule has 0 saturated heterocycles. The van der Waals surface area contributed by atoms with Gasteiger partial charge in [0.1, 0.15) is 0 Å². The number of hydrogen-bond acceptors (Lipinski definition) is 3. The Morgan fingerprint density at radius 2 is 2.00 bits per heavy atom. The molecule has 2 N–H and O–H groups in total. The monoisotopic (exact) mass is 331 g/mol. The lowest BCUT2D eigenvalue weighted by molar-refractivity contribution is -0.128. The minimum Gasteiger partial charge on any atom is -0.393 e. The number of hydrogen-bond donors (Lipinski definition) is 2. The van der Waals surface area contributed by atoms with Crippen molar-refractivity contribution in [2.45, 2.75) is 52.7 Å². The van der Waals surface area contributed by atoms with E-state index in [4.69, 9.17) is 4.74 Å². The summed E-state index contributed by atoms with van der Waals surface area (Å²) in [5.74, 6) is -0.106. The summed E-state index contributed by atoms with van der Waals surface area (Å²) in [5.41, 5.74) is 2.50. The first kappa shape index (κ1) is 18.7. The molecule has 24 heavy (non-hydrogen) atoms.